The number of sulfonamides is 1. The van der Waals surface area contributed by atoms with E-state index in [4.69, 9.17) is 0 Å². The van der Waals surface area contributed by atoms with Crippen LogP contribution in [0.15, 0.2) is 0 Å². The molecule has 3 fully saturated rings. The van der Waals surface area contributed by atoms with Crippen molar-refractivity contribution in [2.45, 2.75) is 105 Å². The molecule has 0 aliphatic carbocycles. The zero-order valence-corrected chi connectivity index (χ0v) is 23.1. The summed E-state index contributed by atoms with van der Waals surface area (Å²) in [6.45, 7) is 22.1. The van der Waals surface area contributed by atoms with Gasteiger partial charge in [0.2, 0.25) is 21.8 Å². The molecular weight excluding hydrogens is 426 g/mol. The predicted molar refractivity (Wildman–Crippen MR) is 131 cm³/mol. The number of likely N-dealkylation sites (tertiary alicyclic amines) is 2. The summed E-state index contributed by atoms with van der Waals surface area (Å²) < 4.78 is 24.6. The lowest BCUT2D eigenvalue weighted by molar-refractivity contribution is -0.136. The average molecular weight is 474 g/mol. The van der Waals surface area contributed by atoms with Gasteiger partial charge in [0.15, 0.2) is 0 Å². The maximum absolute atomic E-state index is 11.8. The van der Waals surface area contributed by atoms with Crippen LogP contribution in [-0.4, -0.2) is 77.8 Å². The molecular formula is C24H47N3O4S. The third-order valence-electron chi connectivity index (χ3n) is 6.96. The number of amides is 2. The van der Waals surface area contributed by atoms with Crippen LogP contribution in [0.3, 0.4) is 0 Å². The van der Waals surface area contributed by atoms with Gasteiger partial charge < -0.3 is 9.80 Å². The lowest BCUT2D eigenvalue weighted by Crippen LogP contribution is -2.38. The third kappa shape index (κ3) is 6.25. The Morgan fingerprint density at radius 3 is 1.34 bits per heavy atom. The van der Waals surface area contributed by atoms with E-state index in [9.17, 15) is 18.0 Å². The van der Waals surface area contributed by atoms with Crippen molar-refractivity contribution >= 4 is 21.8 Å². The Bertz CT molecular complexity index is 785. The zero-order chi connectivity index (χ0) is 25.3. The maximum Gasteiger partial charge on any atom is 0.228 e. The van der Waals surface area contributed by atoms with Gasteiger partial charge in [0.05, 0.1) is 4.75 Å². The summed E-state index contributed by atoms with van der Waals surface area (Å²) in [4.78, 5) is 26.5. The Balaban J connectivity index is 0.000000242. The first kappa shape index (κ1) is 28.9. The van der Waals surface area contributed by atoms with Crippen LogP contribution in [0.5, 0.6) is 0 Å². The van der Waals surface area contributed by atoms with Gasteiger partial charge in [0.1, 0.15) is 0 Å². The highest BCUT2D eigenvalue weighted by Crippen LogP contribution is 2.33. The minimum atomic E-state index is -3.03. The summed E-state index contributed by atoms with van der Waals surface area (Å²) in [5.74, 6) is 0.593. The largest absolute Gasteiger partial charge is 0.345 e. The van der Waals surface area contributed by atoms with Crippen LogP contribution < -0.4 is 0 Å². The molecule has 0 aromatic carbocycles. The molecule has 188 valence electrons. The van der Waals surface area contributed by atoms with Gasteiger partial charge in [-0.15, -0.1) is 0 Å². The first-order valence-electron chi connectivity index (χ1n) is 11.9. The number of hydrogen-bond donors (Lipinski definition) is 0. The molecule has 3 saturated heterocycles. The molecule has 0 unspecified atom stereocenters. The molecule has 0 N–H and O–H groups in total. The van der Waals surface area contributed by atoms with E-state index in [2.05, 4.69) is 13.8 Å². The molecule has 3 aliphatic rings. The Kier molecular flexibility index (Phi) is 9.02. The highest BCUT2D eigenvalue weighted by molar-refractivity contribution is 7.90. The summed E-state index contributed by atoms with van der Waals surface area (Å²) in [5, 5.41) is 0. The minimum absolute atomic E-state index is 0.0885. The molecule has 0 spiro atoms. The van der Waals surface area contributed by atoms with Crippen LogP contribution in [-0.2, 0) is 19.6 Å². The zero-order valence-electron chi connectivity index (χ0n) is 22.3. The predicted octanol–water partition coefficient (Wildman–Crippen LogP) is 3.74. The van der Waals surface area contributed by atoms with Gasteiger partial charge in [-0.25, -0.2) is 8.42 Å². The van der Waals surface area contributed by atoms with Crippen molar-refractivity contribution in [3.63, 3.8) is 0 Å². The SMILES string of the molecule is CC(C)N1CCC(C)(C)C1=O.CC(C)N1CCC(C)(C)S1(=O)=O.CN1CCC(C)(C)C1=O. The van der Waals surface area contributed by atoms with E-state index in [0.29, 0.717) is 18.5 Å². The second-order valence-electron chi connectivity index (χ2n) is 11.8. The molecule has 7 nitrogen and oxygen atoms in total. The second kappa shape index (κ2) is 10.00. The van der Waals surface area contributed by atoms with Crippen molar-refractivity contribution in [1.29, 1.82) is 0 Å². The molecule has 0 saturated carbocycles. The van der Waals surface area contributed by atoms with E-state index in [1.807, 2.05) is 53.5 Å². The van der Waals surface area contributed by atoms with Gasteiger partial charge in [-0.2, -0.15) is 4.31 Å². The fourth-order valence-electron chi connectivity index (χ4n) is 4.14. The fourth-order valence-corrected chi connectivity index (χ4v) is 6.01. The topological polar surface area (TPSA) is 78.0 Å². The fraction of sp³-hybridized carbons (Fsp3) is 0.917. The first-order chi connectivity index (χ1) is 14.3. The van der Waals surface area contributed by atoms with Crippen LogP contribution >= 0.6 is 0 Å². The molecule has 8 heteroatoms. The Morgan fingerprint density at radius 2 is 1.19 bits per heavy atom. The van der Waals surface area contributed by atoms with Crippen molar-refractivity contribution in [1.82, 2.24) is 14.1 Å². The van der Waals surface area contributed by atoms with Gasteiger partial charge in [-0.05, 0) is 60.8 Å². The van der Waals surface area contributed by atoms with E-state index >= 15 is 0 Å². The van der Waals surface area contributed by atoms with Gasteiger partial charge in [-0.1, -0.05) is 27.7 Å². The van der Waals surface area contributed by atoms with Crippen LogP contribution in [0.4, 0.5) is 0 Å². The molecule has 32 heavy (non-hydrogen) atoms. The highest BCUT2D eigenvalue weighted by atomic mass is 32.2. The molecule has 3 heterocycles. The summed E-state index contributed by atoms with van der Waals surface area (Å²) in [7, 11) is -1.17. The minimum Gasteiger partial charge on any atom is -0.345 e. The van der Waals surface area contributed by atoms with Crippen molar-refractivity contribution < 1.29 is 18.0 Å². The summed E-state index contributed by atoms with van der Waals surface area (Å²) >= 11 is 0. The Labute approximate surface area is 196 Å². The number of nitrogens with zero attached hydrogens (tertiary/aromatic N) is 3. The number of rotatable bonds is 2. The van der Waals surface area contributed by atoms with Gasteiger partial charge in [-0.3, -0.25) is 9.59 Å². The second-order valence-corrected chi connectivity index (χ2v) is 14.3. The van der Waals surface area contributed by atoms with Gasteiger partial charge in [0.25, 0.3) is 0 Å². The van der Waals surface area contributed by atoms with Crippen molar-refractivity contribution in [2.24, 2.45) is 10.8 Å². The summed E-state index contributed by atoms with van der Waals surface area (Å²) in [5.41, 5.74) is -0.195. The smallest absolute Gasteiger partial charge is 0.228 e. The molecule has 0 atom stereocenters. The standard InChI is InChI=1S/C9H17NO.C8H17NO2S.C7H13NO/c1-7(2)10-6-5-9(3,4)8(10)11;1-7(2)9-6-5-8(3,4)12(9,10)11;1-7(2)4-5-8(3)6(7)9/h7H,5-6H2,1-4H3;7H,5-6H2,1-4H3;4-5H2,1-3H3. The quantitative estimate of drug-likeness (QED) is 0.612. The van der Waals surface area contributed by atoms with Crippen LogP contribution in [0.25, 0.3) is 0 Å². The summed E-state index contributed by atoms with van der Waals surface area (Å²) in [6.07, 6.45) is 2.75. The molecule has 0 aromatic heterocycles. The van der Waals surface area contributed by atoms with E-state index < -0.39 is 14.8 Å². The first-order valence-corrected chi connectivity index (χ1v) is 13.3. The molecule has 0 radical (unpaired) electrons. The van der Waals surface area contributed by atoms with Crippen LogP contribution in [0, 0.1) is 10.8 Å². The third-order valence-corrected chi connectivity index (χ3v) is 9.78. The molecule has 2 amide bonds. The number of hydrogen-bond acceptors (Lipinski definition) is 4. The van der Waals surface area contributed by atoms with E-state index in [1.54, 1.807) is 23.1 Å². The Hall–Kier alpha value is -1.15. The summed E-state index contributed by atoms with van der Waals surface area (Å²) in [6, 6.07) is 0.459. The highest BCUT2D eigenvalue weighted by Gasteiger charge is 2.46. The monoisotopic (exact) mass is 473 g/mol. The van der Waals surface area contributed by atoms with Crippen LogP contribution in [0.2, 0.25) is 0 Å². The number of carbonyl (C=O) groups is 2. The van der Waals surface area contributed by atoms with Gasteiger partial charge >= 0.3 is 0 Å². The Morgan fingerprint density at radius 1 is 0.719 bits per heavy atom. The lowest BCUT2D eigenvalue weighted by atomic mass is 9.92. The van der Waals surface area contributed by atoms with E-state index in [1.165, 1.54) is 0 Å². The molecule has 0 aromatic rings. The maximum atomic E-state index is 11.8. The van der Waals surface area contributed by atoms with Crippen LogP contribution in [0.1, 0.15) is 88.5 Å². The normalized spacial score (nSPS) is 25.7. The van der Waals surface area contributed by atoms with Crippen molar-refractivity contribution in [2.75, 3.05) is 26.7 Å². The molecule has 0 bridgehead atoms. The molecule has 3 aliphatic heterocycles. The van der Waals surface area contributed by atoms with E-state index in [-0.39, 0.29) is 22.8 Å². The van der Waals surface area contributed by atoms with Gasteiger partial charge in [0, 0.05) is 49.6 Å². The average Bonchev–Trinajstić information content (AvgIpc) is 3.13. The van der Waals surface area contributed by atoms with Crippen molar-refractivity contribution in [3.8, 4) is 0 Å². The number of carbonyl (C=O) groups excluding carboxylic acids is 2. The molecule has 3 rings (SSSR count). The van der Waals surface area contributed by atoms with Crippen molar-refractivity contribution in [3.05, 3.63) is 0 Å². The van der Waals surface area contributed by atoms with E-state index in [0.717, 1.165) is 32.4 Å². The lowest BCUT2D eigenvalue weighted by Gasteiger charge is -2.23.